The summed E-state index contributed by atoms with van der Waals surface area (Å²) in [6, 6.07) is -0.504. The Morgan fingerprint density at radius 1 is 1.71 bits per heavy atom. The molecule has 0 spiro atoms. The highest BCUT2D eigenvalue weighted by molar-refractivity contribution is 5.84. The third-order valence-electron chi connectivity index (χ3n) is 2.21. The molecule has 2 N–H and O–H groups in total. The number of nitrogens with two attached hydrogens (primary N) is 1. The van der Waals surface area contributed by atoms with E-state index in [2.05, 4.69) is 12.0 Å². The van der Waals surface area contributed by atoms with Crippen LogP contribution in [0.3, 0.4) is 0 Å². The topological polar surface area (TPSA) is 60.9 Å². The van der Waals surface area contributed by atoms with Crippen molar-refractivity contribution in [2.75, 3.05) is 0 Å². The summed E-state index contributed by atoms with van der Waals surface area (Å²) in [6.07, 6.45) is 5.92. The fraction of sp³-hybridized carbons (Fsp3) is 0.600. The molecule has 1 heterocycles. The van der Waals surface area contributed by atoms with Gasteiger partial charge in [0.15, 0.2) is 5.78 Å². The van der Waals surface area contributed by atoms with E-state index in [0.29, 0.717) is 6.42 Å². The maximum absolute atomic E-state index is 11.5. The molecule has 0 saturated carbocycles. The third kappa shape index (κ3) is 2.67. The summed E-state index contributed by atoms with van der Waals surface area (Å²) in [6.45, 7) is 2.06. The molecule has 1 aromatic rings. The minimum absolute atomic E-state index is 0.0971. The van der Waals surface area contributed by atoms with E-state index in [0.717, 1.165) is 18.4 Å². The van der Waals surface area contributed by atoms with Gasteiger partial charge in [-0.25, -0.2) is 0 Å². The Labute approximate surface area is 84.1 Å². The predicted octanol–water partition coefficient (Wildman–Crippen LogP) is 1.18. The van der Waals surface area contributed by atoms with Crippen LogP contribution in [0.1, 0.15) is 37.8 Å². The molecule has 4 heteroatoms. The third-order valence-corrected chi connectivity index (χ3v) is 2.21. The molecular weight excluding hydrogens is 178 g/mol. The lowest BCUT2D eigenvalue weighted by atomic mass is 10.0. The summed E-state index contributed by atoms with van der Waals surface area (Å²) in [5.74, 6) is 0.0971. The van der Waals surface area contributed by atoms with Crippen molar-refractivity contribution < 1.29 is 4.79 Å². The molecule has 14 heavy (non-hydrogen) atoms. The maximum Gasteiger partial charge on any atom is 0.154 e. The van der Waals surface area contributed by atoms with Gasteiger partial charge in [-0.05, 0) is 6.42 Å². The number of rotatable bonds is 5. The monoisotopic (exact) mass is 195 g/mol. The van der Waals surface area contributed by atoms with Crippen LogP contribution in [0.25, 0.3) is 0 Å². The number of carbonyl (C=O) groups excluding carboxylic acids is 1. The van der Waals surface area contributed by atoms with Gasteiger partial charge in [0.2, 0.25) is 0 Å². The van der Waals surface area contributed by atoms with E-state index >= 15 is 0 Å². The first kappa shape index (κ1) is 10.9. The van der Waals surface area contributed by atoms with Gasteiger partial charge < -0.3 is 5.73 Å². The second-order valence-electron chi connectivity index (χ2n) is 3.49. The van der Waals surface area contributed by atoms with Crippen LogP contribution in [0.15, 0.2) is 12.4 Å². The Bertz CT molecular complexity index is 306. The number of aryl methyl sites for hydroxylation is 1. The van der Waals surface area contributed by atoms with Gasteiger partial charge in [0.1, 0.15) is 0 Å². The van der Waals surface area contributed by atoms with Crippen molar-refractivity contribution >= 4 is 5.78 Å². The number of unbranched alkanes of at least 4 members (excludes halogenated alkanes) is 1. The zero-order chi connectivity index (χ0) is 10.6. The number of aromatic nitrogens is 2. The summed E-state index contributed by atoms with van der Waals surface area (Å²) < 4.78 is 1.66. The number of carbonyl (C=O) groups is 1. The molecule has 78 valence electrons. The number of ketones is 1. The van der Waals surface area contributed by atoms with E-state index in [1.165, 1.54) is 0 Å². The van der Waals surface area contributed by atoms with E-state index in [-0.39, 0.29) is 5.78 Å². The lowest BCUT2D eigenvalue weighted by Gasteiger charge is -2.06. The molecule has 0 aromatic carbocycles. The number of hydrogen-bond acceptors (Lipinski definition) is 3. The average molecular weight is 195 g/mol. The first-order valence-electron chi connectivity index (χ1n) is 4.92. The lowest BCUT2D eigenvalue weighted by molar-refractivity contribution is -0.120. The van der Waals surface area contributed by atoms with Crippen LogP contribution in [-0.2, 0) is 11.8 Å². The molecule has 0 amide bonds. The Morgan fingerprint density at radius 2 is 2.43 bits per heavy atom. The molecule has 0 aliphatic carbocycles. The van der Waals surface area contributed by atoms with Crippen molar-refractivity contribution in [2.24, 2.45) is 12.8 Å². The molecule has 4 nitrogen and oxygen atoms in total. The standard InChI is InChI=1S/C10H17N3O/c1-3-4-5-9(14)10(11)8-6-12-13(2)7-8/h6-7,10H,3-5,11H2,1-2H3. The first-order chi connectivity index (χ1) is 6.65. The number of nitrogens with zero attached hydrogens (tertiary/aromatic N) is 2. The number of Topliss-reactive ketones (excluding diaryl/α,β-unsaturated/α-hetero) is 1. The van der Waals surface area contributed by atoms with Crippen LogP contribution in [-0.4, -0.2) is 15.6 Å². The normalized spacial score (nSPS) is 12.8. The Morgan fingerprint density at radius 3 is 2.93 bits per heavy atom. The highest BCUT2D eigenvalue weighted by Crippen LogP contribution is 2.12. The zero-order valence-corrected chi connectivity index (χ0v) is 8.73. The van der Waals surface area contributed by atoms with E-state index in [1.807, 2.05) is 7.05 Å². The molecule has 0 saturated heterocycles. The van der Waals surface area contributed by atoms with Gasteiger partial charge in [-0.15, -0.1) is 0 Å². The minimum Gasteiger partial charge on any atom is -0.318 e. The summed E-state index contributed by atoms with van der Waals surface area (Å²) >= 11 is 0. The molecule has 1 atom stereocenters. The van der Waals surface area contributed by atoms with E-state index in [9.17, 15) is 4.79 Å². The smallest absolute Gasteiger partial charge is 0.154 e. The molecule has 1 rings (SSSR count). The lowest BCUT2D eigenvalue weighted by Crippen LogP contribution is -2.20. The van der Waals surface area contributed by atoms with E-state index < -0.39 is 6.04 Å². The largest absolute Gasteiger partial charge is 0.318 e. The van der Waals surface area contributed by atoms with Crippen molar-refractivity contribution in [2.45, 2.75) is 32.2 Å². The van der Waals surface area contributed by atoms with Crippen LogP contribution in [0.2, 0.25) is 0 Å². The van der Waals surface area contributed by atoms with Gasteiger partial charge in [0, 0.05) is 25.2 Å². The van der Waals surface area contributed by atoms with Crippen molar-refractivity contribution in [1.29, 1.82) is 0 Å². The van der Waals surface area contributed by atoms with Gasteiger partial charge in [0.05, 0.1) is 12.2 Å². The highest BCUT2D eigenvalue weighted by atomic mass is 16.1. The molecule has 1 aromatic heterocycles. The van der Waals surface area contributed by atoms with Crippen molar-refractivity contribution in [3.8, 4) is 0 Å². The van der Waals surface area contributed by atoms with Crippen LogP contribution < -0.4 is 5.73 Å². The Hall–Kier alpha value is -1.16. The summed E-state index contributed by atoms with van der Waals surface area (Å²) in [5, 5.41) is 3.98. The minimum atomic E-state index is -0.504. The van der Waals surface area contributed by atoms with E-state index in [1.54, 1.807) is 17.1 Å². The fourth-order valence-electron chi connectivity index (χ4n) is 1.29. The molecule has 0 aliphatic rings. The summed E-state index contributed by atoms with van der Waals surface area (Å²) in [5.41, 5.74) is 6.59. The average Bonchev–Trinajstić information content (AvgIpc) is 2.60. The number of hydrogen-bond donors (Lipinski definition) is 1. The van der Waals surface area contributed by atoms with Crippen molar-refractivity contribution in [1.82, 2.24) is 9.78 Å². The van der Waals surface area contributed by atoms with Crippen LogP contribution >= 0.6 is 0 Å². The van der Waals surface area contributed by atoms with Gasteiger partial charge in [-0.1, -0.05) is 13.3 Å². The molecule has 0 fully saturated rings. The second kappa shape index (κ2) is 4.91. The van der Waals surface area contributed by atoms with Crippen molar-refractivity contribution in [3.05, 3.63) is 18.0 Å². The van der Waals surface area contributed by atoms with Crippen LogP contribution in [0.5, 0.6) is 0 Å². The fourth-order valence-corrected chi connectivity index (χ4v) is 1.29. The molecule has 1 unspecified atom stereocenters. The quantitative estimate of drug-likeness (QED) is 0.767. The molecular formula is C10H17N3O. The predicted molar refractivity (Wildman–Crippen MR) is 54.7 cm³/mol. The molecule has 0 bridgehead atoms. The van der Waals surface area contributed by atoms with Gasteiger partial charge in [0.25, 0.3) is 0 Å². The molecule has 0 aliphatic heterocycles. The highest BCUT2D eigenvalue weighted by Gasteiger charge is 2.16. The van der Waals surface area contributed by atoms with Crippen molar-refractivity contribution in [3.63, 3.8) is 0 Å². The van der Waals surface area contributed by atoms with Gasteiger partial charge in [-0.2, -0.15) is 5.10 Å². The SMILES string of the molecule is CCCCC(=O)C(N)c1cnn(C)c1. The summed E-state index contributed by atoms with van der Waals surface area (Å²) in [4.78, 5) is 11.5. The Balaban J connectivity index is 2.56. The zero-order valence-electron chi connectivity index (χ0n) is 8.73. The molecule has 0 radical (unpaired) electrons. The first-order valence-corrected chi connectivity index (χ1v) is 4.92. The van der Waals surface area contributed by atoms with E-state index in [4.69, 9.17) is 5.73 Å². The maximum atomic E-state index is 11.5. The van der Waals surface area contributed by atoms with Gasteiger partial charge in [-0.3, -0.25) is 9.48 Å². The summed E-state index contributed by atoms with van der Waals surface area (Å²) in [7, 11) is 1.81. The Kier molecular flexibility index (Phi) is 3.83. The van der Waals surface area contributed by atoms with Crippen LogP contribution in [0.4, 0.5) is 0 Å². The van der Waals surface area contributed by atoms with Crippen LogP contribution in [0, 0.1) is 0 Å². The second-order valence-corrected chi connectivity index (χ2v) is 3.49. The van der Waals surface area contributed by atoms with Gasteiger partial charge >= 0.3 is 0 Å².